The Kier molecular flexibility index (Phi) is 6.22. The molecule has 7 heteroatoms. The predicted octanol–water partition coefficient (Wildman–Crippen LogP) is 4.32. The van der Waals surface area contributed by atoms with Crippen LogP contribution in [0.4, 0.5) is 4.39 Å². The van der Waals surface area contributed by atoms with E-state index in [9.17, 15) is 14.0 Å². The van der Waals surface area contributed by atoms with Crippen LogP contribution in [0.5, 0.6) is 0 Å². The number of rotatable bonds is 6. The van der Waals surface area contributed by atoms with Crippen molar-refractivity contribution in [1.29, 1.82) is 0 Å². The third-order valence-corrected chi connectivity index (χ3v) is 5.79. The summed E-state index contributed by atoms with van der Waals surface area (Å²) in [6, 6.07) is 13.9. The number of aromatic amines is 1. The number of hydrogen-bond acceptors (Lipinski definition) is 3. The Hall–Kier alpha value is -4.00. The van der Waals surface area contributed by atoms with Crippen molar-refractivity contribution in [3.05, 3.63) is 88.6 Å². The fourth-order valence-electron chi connectivity index (χ4n) is 4.00. The van der Waals surface area contributed by atoms with Crippen LogP contribution in [0.25, 0.3) is 22.0 Å². The lowest BCUT2D eigenvalue weighted by atomic mass is 10.0. The minimum absolute atomic E-state index is 0.144. The van der Waals surface area contributed by atoms with E-state index in [0.29, 0.717) is 29.7 Å². The van der Waals surface area contributed by atoms with Crippen LogP contribution in [-0.2, 0) is 6.42 Å². The van der Waals surface area contributed by atoms with E-state index in [2.05, 4.69) is 20.6 Å². The molecule has 0 unspecified atom stereocenters. The smallest absolute Gasteiger partial charge is 0.269 e. The van der Waals surface area contributed by atoms with Crippen molar-refractivity contribution in [2.45, 2.75) is 20.3 Å². The molecule has 0 atom stereocenters. The minimum atomic E-state index is -0.276. The fourth-order valence-corrected chi connectivity index (χ4v) is 4.00. The summed E-state index contributed by atoms with van der Waals surface area (Å²) in [6.07, 6.45) is 2.22. The molecule has 0 fully saturated rings. The molecule has 0 saturated carbocycles. The van der Waals surface area contributed by atoms with E-state index in [4.69, 9.17) is 0 Å². The summed E-state index contributed by atoms with van der Waals surface area (Å²) in [5.74, 6) is -0.687. The first-order valence-electron chi connectivity index (χ1n) is 10.7. The standard InChI is InChI=1S/C26H25FN4O2/c1-15-4-10-21(27)24-23(15)20(16(2)31-24)12-13-29-26(33)22-11-9-19(14-30-22)17-5-7-18(8-6-17)25(32)28-3/h4-11,14,31H,12-13H2,1-3H3,(H,28,32)(H,29,33). The summed E-state index contributed by atoms with van der Waals surface area (Å²) in [7, 11) is 1.59. The van der Waals surface area contributed by atoms with E-state index >= 15 is 0 Å². The van der Waals surface area contributed by atoms with Crippen molar-refractivity contribution >= 4 is 22.7 Å². The molecular formula is C26H25FN4O2. The second-order valence-electron chi connectivity index (χ2n) is 7.94. The molecular weight excluding hydrogens is 419 g/mol. The van der Waals surface area contributed by atoms with Gasteiger partial charge in [0.2, 0.25) is 0 Å². The number of carbonyl (C=O) groups excluding carboxylic acids is 2. The maximum absolute atomic E-state index is 14.1. The molecule has 0 aliphatic carbocycles. The van der Waals surface area contributed by atoms with Crippen molar-refractivity contribution in [3.8, 4) is 11.1 Å². The number of aromatic nitrogens is 2. The van der Waals surface area contributed by atoms with Gasteiger partial charge in [-0.15, -0.1) is 0 Å². The van der Waals surface area contributed by atoms with Crippen LogP contribution in [0.15, 0.2) is 54.7 Å². The second kappa shape index (κ2) is 9.24. The van der Waals surface area contributed by atoms with Gasteiger partial charge >= 0.3 is 0 Å². The highest BCUT2D eigenvalue weighted by Crippen LogP contribution is 2.28. The lowest BCUT2D eigenvalue weighted by Gasteiger charge is -2.08. The lowest BCUT2D eigenvalue weighted by molar-refractivity contribution is 0.0945. The monoisotopic (exact) mass is 444 g/mol. The topological polar surface area (TPSA) is 86.9 Å². The van der Waals surface area contributed by atoms with E-state index in [-0.39, 0.29) is 17.6 Å². The van der Waals surface area contributed by atoms with Gasteiger partial charge in [0.1, 0.15) is 11.5 Å². The van der Waals surface area contributed by atoms with Crippen LogP contribution in [0.2, 0.25) is 0 Å². The number of nitrogens with one attached hydrogen (secondary N) is 3. The van der Waals surface area contributed by atoms with Gasteiger partial charge in [-0.05, 0) is 61.2 Å². The first kappa shape index (κ1) is 22.2. The number of pyridine rings is 1. The molecule has 0 radical (unpaired) electrons. The molecule has 4 rings (SSSR count). The Morgan fingerprint density at radius 2 is 1.70 bits per heavy atom. The molecule has 0 spiro atoms. The highest BCUT2D eigenvalue weighted by Gasteiger charge is 2.15. The molecule has 0 saturated heterocycles. The summed E-state index contributed by atoms with van der Waals surface area (Å²) in [6.45, 7) is 4.28. The Balaban J connectivity index is 1.41. The molecule has 3 N–H and O–H groups in total. The molecule has 2 amide bonds. The lowest BCUT2D eigenvalue weighted by Crippen LogP contribution is -2.26. The highest BCUT2D eigenvalue weighted by molar-refractivity contribution is 5.95. The summed E-state index contributed by atoms with van der Waals surface area (Å²) < 4.78 is 14.1. The molecule has 2 heterocycles. The first-order chi connectivity index (χ1) is 15.9. The maximum atomic E-state index is 14.1. The van der Waals surface area contributed by atoms with Crippen LogP contribution < -0.4 is 10.6 Å². The molecule has 6 nitrogen and oxygen atoms in total. The first-order valence-corrected chi connectivity index (χ1v) is 10.7. The molecule has 0 aliphatic rings. The van der Waals surface area contributed by atoms with Gasteiger partial charge < -0.3 is 15.6 Å². The average Bonchev–Trinajstić information content (AvgIpc) is 3.18. The molecule has 0 aliphatic heterocycles. The number of amides is 2. The summed E-state index contributed by atoms with van der Waals surface area (Å²) in [5, 5.41) is 6.37. The van der Waals surface area contributed by atoms with E-state index in [1.807, 2.05) is 32.0 Å². The Bertz CT molecular complexity index is 1330. The fraction of sp³-hybridized carbons (Fsp3) is 0.192. The number of nitrogens with zero attached hydrogens (tertiary/aromatic N) is 1. The molecule has 4 aromatic rings. The molecule has 168 valence electrons. The number of aryl methyl sites for hydroxylation is 2. The van der Waals surface area contributed by atoms with Gasteiger partial charge in [0.05, 0.1) is 5.52 Å². The van der Waals surface area contributed by atoms with Crippen molar-refractivity contribution in [2.24, 2.45) is 0 Å². The molecule has 2 aromatic heterocycles. The van der Waals surface area contributed by atoms with Gasteiger partial charge in [0, 0.05) is 42.0 Å². The Labute approximate surface area is 191 Å². The number of benzene rings is 2. The zero-order chi connectivity index (χ0) is 23.5. The Morgan fingerprint density at radius 3 is 2.36 bits per heavy atom. The molecule has 2 aromatic carbocycles. The van der Waals surface area contributed by atoms with Crippen LogP contribution in [0, 0.1) is 19.7 Å². The minimum Gasteiger partial charge on any atom is -0.356 e. The van der Waals surface area contributed by atoms with Crippen LogP contribution >= 0.6 is 0 Å². The van der Waals surface area contributed by atoms with Crippen LogP contribution in [0.3, 0.4) is 0 Å². The van der Waals surface area contributed by atoms with Gasteiger partial charge in [-0.1, -0.05) is 24.3 Å². The van der Waals surface area contributed by atoms with Crippen molar-refractivity contribution in [3.63, 3.8) is 0 Å². The highest BCUT2D eigenvalue weighted by atomic mass is 19.1. The zero-order valence-electron chi connectivity index (χ0n) is 18.8. The quantitative estimate of drug-likeness (QED) is 0.414. The average molecular weight is 445 g/mol. The molecule has 33 heavy (non-hydrogen) atoms. The summed E-state index contributed by atoms with van der Waals surface area (Å²) in [5.41, 5.74) is 6.06. The normalized spacial score (nSPS) is 10.9. The summed E-state index contributed by atoms with van der Waals surface area (Å²) >= 11 is 0. The zero-order valence-corrected chi connectivity index (χ0v) is 18.8. The number of hydrogen-bond donors (Lipinski definition) is 3. The number of fused-ring (bicyclic) bond motifs is 1. The van der Waals surface area contributed by atoms with Gasteiger partial charge in [-0.25, -0.2) is 4.39 Å². The predicted molar refractivity (Wildman–Crippen MR) is 127 cm³/mol. The third-order valence-electron chi connectivity index (χ3n) is 5.79. The van der Waals surface area contributed by atoms with Gasteiger partial charge in [-0.2, -0.15) is 0 Å². The Morgan fingerprint density at radius 1 is 0.970 bits per heavy atom. The number of carbonyl (C=O) groups is 2. The van der Waals surface area contributed by atoms with E-state index in [1.165, 1.54) is 6.07 Å². The largest absolute Gasteiger partial charge is 0.356 e. The van der Waals surface area contributed by atoms with E-state index in [0.717, 1.165) is 33.3 Å². The van der Waals surface area contributed by atoms with Crippen LogP contribution in [0.1, 0.15) is 37.7 Å². The second-order valence-corrected chi connectivity index (χ2v) is 7.94. The maximum Gasteiger partial charge on any atom is 0.269 e. The SMILES string of the molecule is CNC(=O)c1ccc(-c2ccc(C(=O)NCCc3c(C)[nH]c4c(F)ccc(C)c34)nc2)cc1. The molecule has 0 bridgehead atoms. The van der Waals surface area contributed by atoms with E-state index < -0.39 is 0 Å². The number of halogens is 1. The van der Waals surface area contributed by atoms with Crippen LogP contribution in [-0.4, -0.2) is 35.4 Å². The van der Waals surface area contributed by atoms with Gasteiger partial charge in [0.25, 0.3) is 11.8 Å². The van der Waals surface area contributed by atoms with Crippen molar-refractivity contribution < 1.29 is 14.0 Å². The van der Waals surface area contributed by atoms with Gasteiger partial charge in [0.15, 0.2) is 0 Å². The number of H-pyrrole nitrogens is 1. The van der Waals surface area contributed by atoms with E-state index in [1.54, 1.807) is 37.5 Å². The van der Waals surface area contributed by atoms with Crippen molar-refractivity contribution in [1.82, 2.24) is 20.6 Å². The summed E-state index contributed by atoms with van der Waals surface area (Å²) in [4.78, 5) is 31.6. The van der Waals surface area contributed by atoms with Crippen molar-refractivity contribution in [2.75, 3.05) is 13.6 Å². The third kappa shape index (κ3) is 4.48. The van der Waals surface area contributed by atoms with Gasteiger partial charge in [-0.3, -0.25) is 14.6 Å².